The number of nitrogen functional groups attached to an aromatic ring is 3. The molecule has 0 atom stereocenters. The molecule has 4 rings (SSSR count). The average molecular weight is 444 g/mol. The molecule has 33 heavy (non-hydrogen) atoms. The number of imidazole rings is 1. The predicted molar refractivity (Wildman–Crippen MR) is 138 cm³/mol. The first-order valence-corrected chi connectivity index (χ1v) is 10.9. The lowest BCUT2D eigenvalue weighted by Crippen LogP contribution is -2.23. The Bertz CT molecular complexity index is 1200. The van der Waals surface area contributed by atoms with Gasteiger partial charge in [-0.25, -0.2) is 9.13 Å². The molecule has 0 aliphatic carbocycles. The van der Waals surface area contributed by atoms with E-state index in [9.17, 15) is 0 Å². The average Bonchev–Trinajstić information content (AvgIpc) is 3.22. The van der Waals surface area contributed by atoms with Gasteiger partial charge in [0.15, 0.2) is 0 Å². The Kier molecular flexibility index (Phi) is 6.54. The molecule has 0 bridgehead atoms. The van der Waals surface area contributed by atoms with E-state index in [2.05, 4.69) is 45.2 Å². The summed E-state index contributed by atoms with van der Waals surface area (Å²) in [7, 11) is 2.03. The second-order valence-corrected chi connectivity index (χ2v) is 8.07. The van der Waals surface area contributed by atoms with Crippen LogP contribution in [0.2, 0.25) is 0 Å². The van der Waals surface area contributed by atoms with Crippen molar-refractivity contribution in [3.05, 3.63) is 79.4 Å². The number of hydrogen-bond acceptors (Lipinski definition) is 6. The van der Waals surface area contributed by atoms with E-state index in [4.69, 9.17) is 17.2 Å². The van der Waals surface area contributed by atoms with Gasteiger partial charge in [0.25, 0.3) is 0 Å². The molecule has 0 fully saturated rings. The standard InChI is InChI=1S/C25H31N8/c1-32-13-14-33(17-32)12-2-11-29-19-7-9-21(10-8-19)31-25-16-24(22(27)15-23(25)28)30-20-5-3-18(26)4-6-20/h3-10,13-17,29-31H,2,11-12,26-28H2,1H3/q+1. The first-order chi connectivity index (χ1) is 16.0. The van der Waals surface area contributed by atoms with Crippen molar-refractivity contribution in [2.24, 2.45) is 7.05 Å². The van der Waals surface area contributed by atoms with E-state index in [1.165, 1.54) is 0 Å². The number of anilines is 8. The summed E-state index contributed by atoms with van der Waals surface area (Å²) in [5, 5.41) is 10.2. The fraction of sp³-hybridized carbons (Fsp3) is 0.160. The molecule has 0 spiro atoms. The second kappa shape index (κ2) is 9.86. The summed E-state index contributed by atoms with van der Waals surface area (Å²) >= 11 is 0. The maximum atomic E-state index is 6.21. The van der Waals surface area contributed by atoms with Gasteiger partial charge in [0.2, 0.25) is 6.33 Å². The molecule has 9 N–H and O–H groups in total. The third kappa shape index (κ3) is 5.88. The van der Waals surface area contributed by atoms with Gasteiger partial charge in [-0.1, -0.05) is 0 Å². The Labute approximate surface area is 194 Å². The monoisotopic (exact) mass is 443 g/mol. The Morgan fingerprint density at radius 2 is 1.36 bits per heavy atom. The van der Waals surface area contributed by atoms with Crippen molar-refractivity contribution in [2.75, 3.05) is 39.7 Å². The van der Waals surface area contributed by atoms with Crippen LogP contribution < -0.4 is 37.7 Å². The van der Waals surface area contributed by atoms with Crippen LogP contribution in [0.25, 0.3) is 0 Å². The van der Waals surface area contributed by atoms with Crippen LogP contribution in [0.1, 0.15) is 6.42 Å². The number of nitrogens with two attached hydrogens (primary N) is 3. The maximum Gasteiger partial charge on any atom is 0.243 e. The van der Waals surface area contributed by atoms with E-state index >= 15 is 0 Å². The molecule has 0 saturated heterocycles. The summed E-state index contributed by atoms with van der Waals surface area (Å²) in [6, 6.07) is 19.3. The lowest BCUT2D eigenvalue weighted by atomic mass is 10.1. The largest absolute Gasteiger partial charge is 0.399 e. The lowest BCUT2D eigenvalue weighted by Gasteiger charge is -2.16. The maximum absolute atomic E-state index is 6.21. The number of nitrogens with one attached hydrogen (secondary N) is 3. The Hall–Kier alpha value is -4.33. The number of aryl methyl sites for hydroxylation is 2. The molecule has 1 aromatic heterocycles. The third-order valence-corrected chi connectivity index (χ3v) is 5.32. The molecule has 0 amide bonds. The smallest absolute Gasteiger partial charge is 0.243 e. The molecule has 0 unspecified atom stereocenters. The molecule has 8 nitrogen and oxygen atoms in total. The van der Waals surface area contributed by atoms with E-state index < -0.39 is 0 Å². The van der Waals surface area contributed by atoms with Gasteiger partial charge in [0.05, 0.1) is 36.3 Å². The number of rotatable bonds is 9. The topological polar surface area (TPSA) is 123 Å². The van der Waals surface area contributed by atoms with Gasteiger partial charge in [0, 0.05) is 35.7 Å². The predicted octanol–water partition coefficient (Wildman–Crippen LogP) is 4.05. The molecule has 3 aromatic carbocycles. The highest BCUT2D eigenvalue weighted by Crippen LogP contribution is 2.33. The molecule has 170 valence electrons. The van der Waals surface area contributed by atoms with E-state index in [1.54, 1.807) is 6.07 Å². The van der Waals surface area contributed by atoms with Crippen LogP contribution in [0.4, 0.5) is 45.5 Å². The zero-order valence-corrected chi connectivity index (χ0v) is 18.8. The Morgan fingerprint density at radius 3 is 1.94 bits per heavy atom. The normalized spacial score (nSPS) is 10.7. The zero-order valence-electron chi connectivity index (χ0n) is 18.8. The molecular weight excluding hydrogens is 412 g/mol. The summed E-state index contributed by atoms with van der Waals surface area (Å²) in [6.07, 6.45) is 7.25. The van der Waals surface area contributed by atoms with Crippen molar-refractivity contribution in [1.82, 2.24) is 4.57 Å². The Balaban J connectivity index is 1.35. The minimum atomic E-state index is 0.572. The quantitative estimate of drug-likeness (QED) is 0.132. The molecule has 4 aromatic rings. The molecule has 1 heterocycles. The van der Waals surface area contributed by atoms with Gasteiger partial charge < -0.3 is 33.2 Å². The first-order valence-electron chi connectivity index (χ1n) is 10.9. The zero-order chi connectivity index (χ0) is 23.2. The van der Waals surface area contributed by atoms with Crippen LogP contribution in [-0.2, 0) is 13.6 Å². The van der Waals surface area contributed by atoms with Crippen molar-refractivity contribution in [3.8, 4) is 0 Å². The molecule has 0 radical (unpaired) electrons. The Morgan fingerprint density at radius 1 is 0.788 bits per heavy atom. The molecule has 0 aliphatic rings. The van der Waals surface area contributed by atoms with Crippen LogP contribution in [-0.4, -0.2) is 11.1 Å². The van der Waals surface area contributed by atoms with Crippen LogP contribution in [0.5, 0.6) is 0 Å². The molecule has 0 aliphatic heterocycles. The van der Waals surface area contributed by atoms with Crippen LogP contribution in [0, 0.1) is 0 Å². The molecule has 8 heteroatoms. The summed E-state index contributed by atoms with van der Waals surface area (Å²) in [6.45, 7) is 1.89. The SMILES string of the molecule is C[n+]1ccn(CCCNc2ccc(Nc3cc(Nc4ccc(N)cc4)c(N)cc3N)cc2)c1. The summed E-state index contributed by atoms with van der Waals surface area (Å²) < 4.78 is 4.23. The van der Waals surface area contributed by atoms with Crippen molar-refractivity contribution >= 4 is 45.5 Å². The summed E-state index contributed by atoms with van der Waals surface area (Å²) in [4.78, 5) is 0. The van der Waals surface area contributed by atoms with E-state index in [0.29, 0.717) is 17.1 Å². The minimum Gasteiger partial charge on any atom is -0.399 e. The van der Waals surface area contributed by atoms with Gasteiger partial charge in [-0.15, -0.1) is 0 Å². The summed E-state index contributed by atoms with van der Waals surface area (Å²) in [5.74, 6) is 0. The van der Waals surface area contributed by atoms with Crippen molar-refractivity contribution in [2.45, 2.75) is 13.0 Å². The van der Waals surface area contributed by atoms with Crippen molar-refractivity contribution in [1.29, 1.82) is 0 Å². The van der Waals surface area contributed by atoms with Crippen molar-refractivity contribution in [3.63, 3.8) is 0 Å². The first kappa shape index (κ1) is 21.9. The van der Waals surface area contributed by atoms with Gasteiger partial charge in [-0.2, -0.15) is 0 Å². The highest BCUT2D eigenvalue weighted by molar-refractivity contribution is 5.86. The third-order valence-electron chi connectivity index (χ3n) is 5.32. The minimum absolute atomic E-state index is 0.572. The van der Waals surface area contributed by atoms with Gasteiger partial charge in [0.1, 0.15) is 12.4 Å². The van der Waals surface area contributed by atoms with E-state index in [0.717, 1.165) is 47.9 Å². The van der Waals surface area contributed by atoms with E-state index in [-0.39, 0.29) is 0 Å². The van der Waals surface area contributed by atoms with Gasteiger partial charge in [-0.05, 0) is 60.7 Å². The van der Waals surface area contributed by atoms with Gasteiger partial charge in [-0.3, -0.25) is 0 Å². The van der Waals surface area contributed by atoms with Crippen LogP contribution >= 0.6 is 0 Å². The molecule has 0 saturated carbocycles. The van der Waals surface area contributed by atoms with Gasteiger partial charge >= 0.3 is 0 Å². The van der Waals surface area contributed by atoms with E-state index in [1.807, 2.05) is 60.3 Å². The van der Waals surface area contributed by atoms with Crippen LogP contribution in [0.3, 0.4) is 0 Å². The number of aromatic nitrogens is 2. The number of nitrogens with zero attached hydrogens (tertiary/aromatic N) is 2. The second-order valence-electron chi connectivity index (χ2n) is 8.07. The number of hydrogen-bond donors (Lipinski definition) is 6. The number of benzene rings is 3. The van der Waals surface area contributed by atoms with Crippen LogP contribution in [0.15, 0.2) is 79.4 Å². The highest BCUT2D eigenvalue weighted by atomic mass is 15.1. The fourth-order valence-corrected chi connectivity index (χ4v) is 3.53. The summed E-state index contributed by atoms with van der Waals surface area (Å²) in [5.41, 5.74) is 24.5. The molecular formula is C25H31N8+. The fourth-order valence-electron chi connectivity index (χ4n) is 3.53. The van der Waals surface area contributed by atoms with Crippen molar-refractivity contribution < 1.29 is 4.57 Å². The lowest BCUT2D eigenvalue weighted by molar-refractivity contribution is -0.671. The highest BCUT2D eigenvalue weighted by Gasteiger charge is 2.08.